The molecule has 5 heterocycles. The molecule has 2 saturated heterocycles. The molecule has 49 heavy (non-hydrogen) atoms. The number of hydrogen-bond donors (Lipinski definition) is 3. The number of aromatic amines is 2. The van der Waals surface area contributed by atoms with Gasteiger partial charge in [-0.25, -0.2) is 13.6 Å². The number of fused-ring (bicyclic) bond motifs is 2. The number of amides is 2. The molecule has 4 aromatic rings. The fraction of sp³-hybridized carbons (Fsp3) is 0.471. The molecule has 13 nitrogen and oxygen atoms in total. The van der Waals surface area contributed by atoms with Crippen LogP contribution in [0.5, 0.6) is 0 Å². The quantitative estimate of drug-likeness (QED) is 0.284. The first-order chi connectivity index (χ1) is 23.5. The number of aromatic nitrogens is 6. The fourth-order valence-electron chi connectivity index (χ4n) is 8.03. The number of hydrogen-bond acceptors (Lipinski definition) is 7. The van der Waals surface area contributed by atoms with E-state index < -0.39 is 34.4 Å². The van der Waals surface area contributed by atoms with E-state index in [1.807, 2.05) is 33.8 Å². The molecule has 15 heteroatoms. The van der Waals surface area contributed by atoms with Gasteiger partial charge in [-0.05, 0) is 56.4 Å². The SMILES string of the molecule is C[C@@]12Cc3[nH]nc(C(=O)Nc4cnn(C5CCN(C(=O)C6CCN(c7ccc(-n8ccc(=O)[nH]c8=O)cc7)CC6)CC5)c4)c3C[C@@H]1C2(F)F. The van der Waals surface area contributed by atoms with E-state index in [2.05, 4.69) is 30.5 Å². The summed E-state index contributed by atoms with van der Waals surface area (Å²) in [5, 5.41) is 14.3. The number of nitrogens with zero attached hydrogens (tertiary/aromatic N) is 6. The number of carbonyl (C=O) groups excluding carboxylic acids is 2. The highest BCUT2D eigenvalue weighted by molar-refractivity contribution is 6.04. The van der Waals surface area contributed by atoms with Crippen LogP contribution in [0.4, 0.5) is 20.2 Å². The number of benzene rings is 1. The number of halogens is 2. The van der Waals surface area contributed by atoms with Crippen LogP contribution >= 0.6 is 0 Å². The van der Waals surface area contributed by atoms with Gasteiger partial charge in [-0.15, -0.1) is 0 Å². The maximum Gasteiger partial charge on any atom is 0.332 e. The van der Waals surface area contributed by atoms with E-state index in [1.54, 1.807) is 19.3 Å². The second kappa shape index (κ2) is 11.5. The van der Waals surface area contributed by atoms with Gasteiger partial charge in [0.1, 0.15) is 0 Å². The summed E-state index contributed by atoms with van der Waals surface area (Å²) in [6.45, 7) is 4.34. The van der Waals surface area contributed by atoms with Crippen LogP contribution in [-0.2, 0) is 17.6 Å². The predicted molar refractivity (Wildman–Crippen MR) is 175 cm³/mol. The van der Waals surface area contributed by atoms with Gasteiger partial charge in [-0.1, -0.05) is 6.92 Å². The van der Waals surface area contributed by atoms with Crippen molar-refractivity contribution >= 4 is 23.2 Å². The monoisotopic (exact) mass is 673 g/mol. The van der Waals surface area contributed by atoms with Gasteiger partial charge in [0.05, 0.1) is 23.6 Å². The summed E-state index contributed by atoms with van der Waals surface area (Å²) < 4.78 is 31.8. The Morgan fingerprint density at radius 3 is 2.41 bits per heavy atom. The molecule has 0 spiro atoms. The molecule has 2 aliphatic carbocycles. The standard InChI is InChI=1S/C34H37F2N9O4/c1-33-17-26-25(16-27(33)34(33,35)36)29(41-40-26)30(47)38-21-18-37-45(19-21)24-8-13-43(14-9-24)31(48)20-6-11-42(12-7-20)22-2-4-23(5-3-22)44-15-10-28(46)39-32(44)49/h2-5,10,15,18-20,24,27H,6-9,11-14,16-17H2,1H3,(H,38,47)(H,40,41)(H,39,46,49)/t27-,33+/m0/s1. The van der Waals surface area contributed by atoms with Crippen LogP contribution in [0, 0.1) is 17.3 Å². The van der Waals surface area contributed by atoms with Gasteiger partial charge in [0, 0.05) is 85.3 Å². The topological polar surface area (TPSA) is 154 Å². The lowest BCUT2D eigenvalue weighted by atomic mass is 9.87. The molecule has 0 unspecified atom stereocenters. The van der Waals surface area contributed by atoms with Crippen molar-refractivity contribution in [1.29, 1.82) is 0 Å². The number of likely N-dealkylation sites (tertiary alicyclic amines) is 1. The maximum atomic E-state index is 14.3. The lowest BCUT2D eigenvalue weighted by molar-refractivity contribution is -0.137. The number of alkyl halides is 2. The molecule has 4 aliphatic rings. The Bertz CT molecular complexity index is 2030. The molecule has 0 radical (unpaired) electrons. The van der Waals surface area contributed by atoms with Gasteiger partial charge in [-0.2, -0.15) is 10.2 Å². The van der Waals surface area contributed by atoms with Crippen LogP contribution in [0.25, 0.3) is 5.69 Å². The lowest BCUT2D eigenvalue weighted by Crippen LogP contribution is -2.45. The molecule has 2 amide bonds. The third-order valence-corrected chi connectivity index (χ3v) is 11.2. The fourth-order valence-corrected chi connectivity index (χ4v) is 8.03. The van der Waals surface area contributed by atoms with E-state index in [0.717, 1.165) is 44.5 Å². The Kier molecular flexibility index (Phi) is 7.33. The first-order valence-electron chi connectivity index (χ1n) is 16.8. The Morgan fingerprint density at radius 1 is 0.980 bits per heavy atom. The van der Waals surface area contributed by atoms with E-state index in [-0.39, 0.29) is 36.4 Å². The zero-order valence-electron chi connectivity index (χ0n) is 27.0. The van der Waals surface area contributed by atoms with Gasteiger partial charge >= 0.3 is 5.69 Å². The van der Waals surface area contributed by atoms with Crippen LogP contribution in [0.2, 0.25) is 0 Å². The third kappa shape index (κ3) is 5.35. The van der Waals surface area contributed by atoms with Crippen LogP contribution in [0.1, 0.15) is 60.4 Å². The highest BCUT2D eigenvalue weighted by Crippen LogP contribution is 2.70. The lowest BCUT2D eigenvalue weighted by Gasteiger charge is -2.38. The predicted octanol–water partition coefficient (Wildman–Crippen LogP) is 3.15. The largest absolute Gasteiger partial charge is 0.371 e. The smallest absolute Gasteiger partial charge is 0.332 e. The molecule has 256 valence electrons. The Labute approximate surface area is 279 Å². The van der Waals surface area contributed by atoms with Crippen LogP contribution in [0.15, 0.2) is 58.5 Å². The number of carbonyl (C=O) groups is 2. The average Bonchev–Trinajstić information content (AvgIpc) is 3.53. The van der Waals surface area contributed by atoms with Crippen molar-refractivity contribution in [2.45, 2.75) is 57.4 Å². The maximum absolute atomic E-state index is 14.3. The molecule has 3 aromatic heterocycles. The van der Waals surface area contributed by atoms with E-state index in [1.165, 1.54) is 16.8 Å². The van der Waals surface area contributed by atoms with E-state index in [9.17, 15) is 28.0 Å². The second-order valence-electron chi connectivity index (χ2n) is 14.0. The molecule has 0 bridgehead atoms. The average molecular weight is 674 g/mol. The van der Waals surface area contributed by atoms with Crippen molar-refractivity contribution in [2.24, 2.45) is 17.3 Å². The van der Waals surface area contributed by atoms with Crippen molar-refractivity contribution < 1.29 is 18.4 Å². The van der Waals surface area contributed by atoms with Crippen LogP contribution < -0.4 is 21.5 Å². The Hall–Kier alpha value is -5.08. The molecular weight excluding hydrogens is 636 g/mol. The Morgan fingerprint density at radius 2 is 1.69 bits per heavy atom. The molecule has 3 fully saturated rings. The van der Waals surface area contributed by atoms with Crippen LogP contribution in [-0.4, -0.2) is 78.3 Å². The van der Waals surface area contributed by atoms with E-state index in [0.29, 0.717) is 35.7 Å². The van der Waals surface area contributed by atoms with Gasteiger partial charge in [0.15, 0.2) is 5.69 Å². The first-order valence-corrected chi connectivity index (χ1v) is 16.8. The van der Waals surface area contributed by atoms with Crippen molar-refractivity contribution in [1.82, 2.24) is 34.4 Å². The minimum atomic E-state index is -2.73. The summed E-state index contributed by atoms with van der Waals surface area (Å²) in [6, 6.07) is 8.96. The number of rotatable bonds is 6. The Balaban J connectivity index is 0.814. The summed E-state index contributed by atoms with van der Waals surface area (Å²) in [4.78, 5) is 56.4. The van der Waals surface area contributed by atoms with Crippen LogP contribution in [0.3, 0.4) is 0 Å². The molecule has 1 saturated carbocycles. The normalized spacial score (nSPS) is 23.5. The van der Waals surface area contributed by atoms with Gasteiger partial charge < -0.3 is 15.1 Å². The van der Waals surface area contributed by atoms with Crippen molar-refractivity contribution in [2.75, 3.05) is 36.4 Å². The number of nitrogens with one attached hydrogen (secondary N) is 3. The highest BCUT2D eigenvalue weighted by atomic mass is 19.3. The number of H-pyrrole nitrogens is 2. The van der Waals surface area contributed by atoms with E-state index >= 15 is 0 Å². The van der Waals surface area contributed by atoms with Gasteiger partial charge in [0.25, 0.3) is 17.4 Å². The molecule has 8 rings (SSSR count). The molecule has 1 aromatic carbocycles. The van der Waals surface area contributed by atoms with E-state index in [4.69, 9.17) is 0 Å². The first kappa shape index (κ1) is 31.2. The third-order valence-electron chi connectivity index (χ3n) is 11.2. The zero-order chi connectivity index (χ0) is 34.1. The van der Waals surface area contributed by atoms with Crippen molar-refractivity contribution in [3.63, 3.8) is 0 Å². The minimum Gasteiger partial charge on any atom is -0.371 e. The number of anilines is 2. The molecule has 3 N–H and O–H groups in total. The summed E-state index contributed by atoms with van der Waals surface area (Å²) in [5.74, 6) is -3.79. The number of piperidine rings is 2. The molecule has 2 aliphatic heterocycles. The summed E-state index contributed by atoms with van der Waals surface area (Å²) in [7, 11) is 0. The second-order valence-corrected chi connectivity index (χ2v) is 14.0. The van der Waals surface area contributed by atoms with Gasteiger partial charge in [-0.3, -0.25) is 33.7 Å². The zero-order valence-corrected chi connectivity index (χ0v) is 27.0. The summed E-state index contributed by atoms with van der Waals surface area (Å²) in [6.07, 6.45) is 8.10. The minimum absolute atomic E-state index is 0.0361. The summed E-state index contributed by atoms with van der Waals surface area (Å²) >= 11 is 0. The highest BCUT2D eigenvalue weighted by Gasteiger charge is 2.78. The van der Waals surface area contributed by atoms with Crippen molar-refractivity contribution in [3.05, 3.63) is 86.7 Å². The van der Waals surface area contributed by atoms with Crippen molar-refractivity contribution in [3.8, 4) is 5.69 Å². The molecule has 2 atom stereocenters. The molecular formula is C34H37F2N9O4. The van der Waals surface area contributed by atoms with Gasteiger partial charge in [0.2, 0.25) is 5.91 Å². The summed E-state index contributed by atoms with van der Waals surface area (Å²) in [5.41, 5.74) is 1.52.